The Morgan fingerprint density at radius 2 is 2.00 bits per heavy atom. The van der Waals surface area contributed by atoms with Crippen LogP contribution in [0.5, 0.6) is 0 Å². The van der Waals surface area contributed by atoms with Crippen molar-refractivity contribution in [3.8, 4) is 10.4 Å². The van der Waals surface area contributed by atoms with Gasteiger partial charge in [0.1, 0.15) is 0 Å². The van der Waals surface area contributed by atoms with E-state index in [2.05, 4.69) is 35.0 Å². The molecule has 0 radical (unpaired) electrons. The van der Waals surface area contributed by atoms with Gasteiger partial charge in [-0.25, -0.2) is 0 Å². The van der Waals surface area contributed by atoms with Gasteiger partial charge >= 0.3 is 5.97 Å². The second kappa shape index (κ2) is 5.10. The number of halogens is 1. The number of hydrogen-bond acceptors (Lipinski definition) is 2. The highest BCUT2D eigenvalue weighted by molar-refractivity contribution is 9.10. The van der Waals surface area contributed by atoms with Crippen LogP contribution in [-0.4, -0.2) is 11.1 Å². The van der Waals surface area contributed by atoms with Crippen molar-refractivity contribution in [3.63, 3.8) is 0 Å². The van der Waals surface area contributed by atoms with E-state index in [-0.39, 0.29) is 0 Å². The highest BCUT2D eigenvalue weighted by Crippen LogP contribution is 2.35. The molecule has 2 nitrogen and oxygen atoms in total. The molecule has 19 heavy (non-hydrogen) atoms. The minimum Gasteiger partial charge on any atom is -0.481 e. The van der Waals surface area contributed by atoms with E-state index in [9.17, 15) is 9.90 Å². The van der Waals surface area contributed by atoms with E-state index in [1.54, 1.807) is 25.2 Å². The summed E-state index contributed by atoms with van der Waals surface area (Å²) < 4.78 is 1.05. The van der Waals surface area contributed by atoms with Crippen molar-refractivity contribution in [3.05, 3.63) is 45.2 Å². The smallest absolute Gasteiger partial charge is 0.313 e. The predicted molar refractivity (Wildman–Crippen MR) is 82.9 cm³/mol. The summed E-state index contributed by atoms with van der Waals surface area (Å²) in [6.07, 6.45) is 0. The van der Waals surface area contributed by atoms with Gasteiger partial charge in [-0.1, -0.05) is 22.0 Å². The van der Waals surface area contributed by atoms with E-state index < -0.39 is 11.4 Å². The van der Waals surface area contributed by atoms with Gasteiger partial charge in [-0.05, 0) is 61.0 Å². The molecule has 100 valence electrons. The third-order valence-electron chi connectivity index (χ3n) is 3.31. The van der Waals surface area contributed by atoms with Gasteiger partial charge in [0, 0.05) is 9.35 Å². The fraction of sp³-hybridized carbons (Fsp3) is 0.267. The summed E-state index contributed by atoms with van der Waals surface area (Å²) >= 11 is 5.04. The second-order valence-corrected chi connectivity index (χ2v) is 6.92. The first-order valence-corrected chi connectivity index (χ1v) is 7.58. The first-order chi connectivity index (χ1) is 8.82. The summed E-state index contributed by atoms with van der Waals surface area (Å²) in [6.45, 7) is 5.52. The average Bonchev–Trinajstić information content (AvgIpc) is 2.78. The van der Waals surface area contributed by atoms with Crippen molar-refractivity contribution < 1.29 is 9.90 Å². The molecule has 0 atom stereocenters. The van der Waals surface area contributed by atoms with Crippen LogP contribution < -0.4 is 0 Å². The highest BCUT2D eigenvalue weighted by atomic mass is 79.9. The summed E-state index contributed by atoms with van der Waals surface area (Å²) in [7, 11) is 0. The molecule has 0 fully saturated rings. The van der Waals surface area contributed by atoms with Crippen LogP contribution in [0.4, 0.5) is 0 Å². The molecule has 2 rings (SSSR count). The van der Waals surface area contributed by atoms with E-state index in [0.29, 0.717) is 0 Å². The molecule has 1 aromatic carbocycles. The van der Waals surface area contributed by atoms with Gasteiger partial charge < -0.3 is 5.11 Å². The summed E-state index contributed by atoms with van der Waals surface area (Å²) in [5, 5.41) is 11.2. The summed E-state index contributed by atoms with van der Waals surface area (Å²) in [6, 6.07) is 8.11. The lowest BCUT2D eigenvalue weighted by molar-refractivity contribution is -0.142. The minimum atomic E-state index is -0.849. The summed E-state index contributed by atoms with van der Waals surface area (Å²) in [4.78, 5) is 12.4. The monoisotopic (exact) mass is 338 g/mol. The van der Waals surface area contributed by atoms with Crippen LogP contribution in [0.1, 0.15) is 25.0 Å². The Labute approximate surface area is 125 Å². The zero-order valence-electron chi connectivity index (χ0n) is 11.0. The van der Waals surface area contributed by atoms with Crippen molar-refractivity contribution in [1.29, 1.82) is 0 Å². The molecule has 2 aromatic rings. The highest BCUT2D eigenvalue weighted by Gasteiger charge is 2.30. The Morgan fingerprint density at radius 1 is 1.32 bits per heavy atom. The van der Waals surface area contributed by atoms with Crippen molar-refractivity contribution in [2.24, 2.45) is 0 Å². The molecule has 0 aliphatic rings. The quantitative estimate of drug-likeness (QED) is 0.868. The molecule has 0 spiro atoms. The fourth-order valence-corrected chi connectivity index (χ4v) is 3.48. The molecule has 1 aromatic heterocycles. The molecular weight excluding hydrogens is 324 g/mol. The van der Waals surface area contributed by atoms with Crippen molar-refractivity contribution in [2.75, 3.05) is 0 Å². The number of aryl methyl sites for hydroxylation is 1. The zero-order chi connectivity index (χ0) is 14.2. The van der Waals surface area contributed by atoms with Crippen molar-refractivity contribution >= 4 is 33.2 Å². The maximum atomic E-state index is 11.3. The van der Waals surface area contributed by atoms with E-state index in [1.807, 2.05) is 17.5 Å². The predicted octanol–water partition coefficient (Wildman–Crippen LogP) is 4.85. The lowest BCUT2D eigenvalue weighted by Gasteiger charge is -2.17. The number of hydrogen-bond donors (Lipinski definition) is 1. The molecule has 0 saturated carbocycles. The van der Waals surface area contributed by atoms with Gasteiger partial charge in [0.15, 0.2) is 0 Å². The molecule has 1 N–H and O–H groups in total. The van der Waals surface area contributed by atoms with Crippen LogP contribution in [0, 0.1) is 6.92 Å². The molecule has 0 unspecified atom stereocenters. The summed E-state index contributed by atoms with van der Waals surface area (Å²) in [5.74, 6) is -0.802. The molecule has 0 aliphatic carbocycles. The van der Waals surface area contributed by atoms with Gasteiger partial charge in [-0.15, -0.1) is 11.3 Å². The summed E-state index contributed by atoms with van der Waals surface area (Å²) in [5.41, 5.74) is 2.33. The Bertz CT molecular complexity index is 629. The van der Waals surface area contributed by atoms with Crippen LogP contribution in [0.25, 0.3) is 10.4 Å². The van der Waals surface area contributed by atoms with Gasteiger partial charge in [0.05, 0.1) is 5.41 Å². The average molecular weight is 339 g/mol. The minimum absolute atomic E-state index is 0.802. The van der Waals surface area contributed by atoms with E-state index >= 15 is 0 Å². The van der Waals surface area contributed by atoms with Gasteiger partial charge in [0.2, 0.25) is 0 Å². The van der Waals surface area contributed by atoms with Crippen LogP contribution in [0.3, 0.4) is 0 Å². The van der Waals surface area contributed by atoms with Crippen LogP contribution >= 0.6 is 27.3 Å². The topological polar surface area (TPSA) is 37.3 Å². The van der Waals surface area contributed by atoms with E-state index in [0.717, 1.165) is 20.5 Å². The number of aliphatic carboxylic acids is 1. The molecule has 0 bridgehead atoms. The number of carboxylic acids is 1. The van der Waals surface area contributed by atoms with E-state index in [4.69, 9.17) is 0 Å². The zero-order valence-corrected chi connectivity index (χ0v) is 13.4. The first-order valence-electron chi connectivity index (χ1n) is 5.91. The normalized spacial score (nSPS) is 11.6. The molecule has 1 heterocycles. The molecular formula is C15H15BrO2S. The third kappa shape index (κ3) is 2.74. The maximum Gasteiger partial charge on any atom is 0.313 e. The van der Waals surface area contributed by atoms with Crippen LogP contribution in [0.15, 0.2) is 34.1 Å². The molecule has 0 aliphatic heterocycles. The fourth-order valence-electron chi connectivity index (χ4n) is 1.83. The van der Waals surface area contributed by atoms with Gasteiger partial charge in [-0.3, -0.25) is 4.79 Å². The number of benzene rings is 1. The lowest BCUT2D eigenvalue weighted by Crippen LogP contribution is -2.27. The van der Waals surface area contributed by atoms with Gasteiger partial charge in [0.25, 0.3) is 0 Å². The largest absolute Gasteiger partial charge is 0.481 e. The standard InChI is InChI=1S/C15H15BrO2S/c1-9-6-11(16)4-5-12(9)13-7-10(8-19-13)15(2,3)14(17)18/h4-8H,1-3H3,(H,17,18). The molecule has 0 saturated heterocycles. The SMILES string of the molecule is Cc1cc(Br)ccc1-c1cc(C(C)(C)C(=O)O)cs1. The van der Waals surface area contributed by atoms with Gasteiger partial charge in [-0.2, -0.15) is 0 Å². The Kier molecular flexibility index (Phi) is 3.83. The molecule has 0 amide bonds. The van der Waals surface area contributed by atoms with E-state index in [1.165, 1.54) is 5.56 Å². The third-order valence-corrected chi connectivity index (χ3v) is 4.77. The number of thiophene rings is 1. The van der Waals surface area contributed by atoms with Crippen LogP contribution in [-0.2, 0) is 10.2 Å². The Morgan fingerprint density at radius 3 is 2.58 bits per heavy atom. The van der Waals surface area contributed by atoms with Crippen molar-refractivity contribution in [1.82, 2.24) is 0 Å². The molecule has 4 heteroatoms. The second-order valence-electron chi connectivity index (χ2n) is 5.09. The van der Waals surface area contributed by atoms with Crippen LogP contribution in [0.2, 0.25) is 0 Å². The Hall–Kier alpha value is -1.13. The first kappa shape index (κ1) is 14.3. The van der Waals surface area contributed by atoms with Crippen molar-refractivity contribution in [2.45, 2.75) is 26.2 Å². The lowest BCUT2D eigenvalue weighted by atomic mass is 9.86. The number of carboxylic acid groups (broad SMARTS) is 1. The maximum absolute atomic E-state index is 11.3. The number of rotatable bonds is 3. The number of carbonyl (C=O) groups is 1. The Balaban J connectivity index is 2.44.